The van der Waals surface area contributed by atoms with E-state index in [2.05, 4.69) is 30.2 Å². The van der Waals surface area contributed by atoms with Crippen molar-refractivity contribution in [2.24, 2.45) is 5.92 Å². The Hall–Kier alpha value is -1.05. The molecular formula is C13H20N2. The molecule has 0 radical (unpaired) electrons. The maximum atomic E-state index is 4.17. The average Bonchev–Trinajstić information content (AvgIpc) is 2.24. The highest BCUT2D eigenvalue weighted by molar-refractivity contribution is 5.48. The van der Waals surface area contributed by atoms with Crippen LogP contribution in [0.15, 0.2) is 18.5 Å². The number of rotatable bonds is 2. The van der Waals surface area contributed by atoms with Crippen LogP contribution >= 0.6 is 0 Å². The van der Waals surface area contributed by atoms with Gasteiger partial charge in [0.25, 0.3) is 0 Å². The number of aromatic nitrogens is 1. The molecule has 0 aliphatic heterocycles. The van der Waals surface area contributed by atoms with E-state index in [1.54, 1.807) is 0 Å². The molecule has 15 heavy (non-hydrogen) atoms. The first-order valence-corrected chi connectivity index (χ1v) is 5.94. The fourth-order valence-electron chi connectivity index (χ4n) is 2.35. The third kappa shape index (κ3) is 2.49. The van der Waals surface area contributed by atoms with Crippen molar-refractivity contribution in [3.8, 4) is 0 Å². The van der Waals surface area contributed by atoms with Gasteiger partial charge in [-0.1, -0.05) is 19.8 Å². The fourth-order valence-corrected chi connectivity index (χ4v) is 2.35. The summed E-state index contributed by atoms with van der Waals surface area (Å²) in [5, 5.41) is 3.64. The number of anilines is 1. The van der Waals surface area contributed by atoms with Crippen LogP contribution in [0.2, 0.25) is 0 Å². The third-order valence-electron chi connectivity index (χ3n) is 3.49. The SMILES string of the molecule is Cc1ccncc1N[C@H]1CCCC[C@H]1C. The van der Waals surface area contributed by atoms with Crippen molar-refractivity contribution in [1.82, 2.24) is 4.98 Å². The molecule has 0 amide bonds. The minimum Gasteiger partial charge on any atom is -0.381 e. The Morgan fingerprint density at radius 1 is 1.33 bits per heavy atom. The molecule has 1 aromatic heterocycles. The zero-order valence-corrected chi connectivity index (χ0v) is 9.66. The van der Waals surface area contributed by atoms with Crippen LogP contribution in [0.5, 0.6) is 0 Å². The van der Waals surface area contributed by atoms with Gasteiger partial charge in [0, 0.05) is 12.2 Å². The van der Waals surface area contributed by atoms with Crippen LogP contribution in [-0.4, -0.2) is 11.0 Å². The molecule has 1 aromatic rings. The number of nitrogens with one attached hydrogen (secondary N) is 1. The van der Waals surface area contributed by atoms with Crippen molar-refractivity contribution in [3.05, 3.63) is 24.0 Å². The Morgan fingerprint density at radius 3 is 2.87 bits per heavy atom. The van der Waals surface area contributed by atoms with E-state index in [0.717, 1.165) is 5.92 Å². The van der Waals surface area contributed by atoms with Crippen molar-refractivity contribution >= 4 is 5.69 Å². The standard InChI is InChI=1S/C13H20N2/c1-10-5-3-4-6-12(10)15-13-9-14-8-7-11(13)2/h7-10,12,15H,3-6H2,1-2H3/t10-,12+/m1/s1. The van der Waals surface area contributed by atoms with Crippen LogP contribution in [0.25, 0.3) is 0 Å². The highest BCUT2D eigenvalue weighted by Gasteiger charge is 2.21. The first-order chi connectivity index (χ1) is 7.27. The van der Waals surface area contributed by atoms with Gasteiger partial charge in [0.15, 0.2) is 0 Å². The summed E-state index contributed by atoms with van der Waals surface area (Å²) in [7, 11) is 0. The topological polar surface area (TPSA) is 24.9 Å². The van der Waals surface area contributed by atoms with Crippen LogP contribution in [0, 0.1) is 12.8 Å². The normalized spacial score (nSPS) is 26.3. The quantitative estimate of drug-likeness (QED) is 0.798. The van der Waals surface area contributed by atoms with Gasteiger partial charge in [0.1, 0.15) is 0 Å². The molecule has 0 bridgehead atoms. The first-order valence-electron chi connectivity index (χ1n) is 5.94. The van der Waals surface area contributed by atoms with Gasteiger partial charge in [-0.3, -0.25) is 4.98 Å². The molecule has 1 heterocycles. The third-order valence-corrected chi connectivity index (χ3v) is 3.49. The molecule has 0 unspecified atom stereocenters. The highest BCUT2D eigenvalue weighted by Crippen LogP contribution is 2.27. The molecule has 2 atom stereocenters. The summed E-state index contributed by atoms with van der Waals surface area (Å²) in [4.78, 5) is 4.17. The summed E-state index contributed by atoms with van der Waals surface area (Å²) in [6.07, 6.45) is 9.21. The number of hydrogen-bond donors (Lipinski definition) is 1. The van der Waals surface area contributed by atoms with E-state index in [-0.39, 0.29) is 0 Å². The second-order valence-electron chi connectivity index (χ2n) is 4.70. The Balaban J connectivity index is 2.04. The minimum absolute atomic E-state index is 0.640. The molecule has 0 spiro atoms. The van der Waals surface area contributed by atoms with Crippen molar-refractivity contribution in [2.75, 3.05) is 5.32 Å². The van der Waals surface area contributed by atoms with Crippen molar-refractivity contribution in [1.29, 1.82) is 0 Å². The lowest BCUT2D eigenvalue weighted by Crippen LogP contribution is -2.30. The molecule has 1 aliphatic carbocycles. The molecule has 2 rings (SSSR count). The summed E-state index contributed by atoms with van der Waals surface area (Å²) in [6.45, 7) is 4.49. The number of aryl methyl sites for hydroxylation is 1. The molecule has 1 fully saturated rings. The van der Waals surface area contributed by atoms with Crippen molar-refractivity contribution in [2.45, 2.75) is 45.6 Å². The molecule has 1 N–H and O–H groups in total. The maximum absolute atomic E-state index is 4.17. The Morgan fingerprint density at radius 2 is 2.13 bits per heavy atom. The van der Waals surface area contributed by atoms with Gasteiger partial charge < -0.3 is 5.32 Å². The lowest BCUT2D eigenvalue weighted by atomic mass is 9.86. The summed E-state index contributed by atoms with van der Waals surface area (Å²) < 4.78 is 0. The number of pyridine rings is 1. The fraction of sp³-hybridized carbons (Fsp3) is 0.615. The Kier molecular flexibility index (Phi) is 3.24. The molecule has 1 saturated carbocycles. The van der Waals surface area contributed by atoms with Gasteiger partial charge in [-0.05, 0) is 37.3 Å². The van der Waals surface area contributed by atoms with Gasteiger partial charge >= 0.3 is 0 Å². The maximum Gasteiger partial charge on any atom is 0.0558 e. The zero-order valence-electron chi connectivity index (χ0n) is 9.66. The van der Waals surface area contributed by atoms with E-state index < -0.39 is 0 Å². The molecule has 0 aromatic carbocycles. The van der Waals surface area contributed by atoms with Crippen molar-refractivity contribution in [3.63, 3.8) is 0 Å². The predicted octanol–water partition coefficient (Wildman–Crippen LogP) is 3.38. The van der Waals surface area contributed by atoms with Crippen LogP contribution in [0.3, 0.4) is 0 Å². The Bertz CT molecular complexity index is 322. The van der Waals surface area contributed by atoms with Gasteiger partial charge in [-0.25, -0.2) is 0 Å². The molecule has 82 valence electrons. The van der Waals surface area contributed by atoms with Gasteiger partial charge in [-0.15, -0.1) is 0 Å². The highest BCUT2D eigenvalue weighted by atomic mass is 14.9. The zero-order chi connectivity index (χ0) is 10.7. The van der Waals surface area contributed by atoms with Crippen LogP contribution < -0.4 is 5.32 Å². The molecular weight excluding hydrogens is 184 g/mol. The molecule has 1 aliphatic rings. The van der Waals surface area contributed by atoms with Gasteiger partial charge in [0.2, 0.25) is 0 Å². The smallest absolute Gasteiger partial charge is 0.0558 e. The van der Waals surface area contributed by atoms with Crippen LogP contribution in [0.4, 0.5) is 5.69 Å². The summed E-state index contributed by atoms with van der Waals surface area (Å²) >= 11 is 0. The molecule has 2 nitrogen and oxygen atoms in total. The largest absolute Gasteiger partial charge is 0.381 e. The van der Waals surface area contributed by atoms with E-state index in [1.807, 2.05) is 12.4 Å². The van der Waals surface area contributed by atoms with E-state index in [1.165, 1.54) is 36.9 Å². The summed E-state index contributed by atoms with van der Waals surface area (Å²) in [5.41, 5.74) is 2.50. The van der Waals surface area contributed by atoms with Crippen molar-refractivity contribution < 1.29 is 0 Å². The van der Waals surface area contributed by atoms with E-state index >= 15 is 0 Å². The molecule has 0 saturated heterocycles. The number of hydrogen-bond acceptors (Lipinski definition) is 2. The minimum atomic E-state index is 0.640. The summed E-state index contributed by atoms with van der Waals surface area (Å²) in [6, 6.07) is 2.71. The second kappa shape index (κ2) is 4.65. The monoisotopic (exact) mass is 204 g/mol. The predicted molar refractivity (Wildman–Crippen MR) is 64.0 cm³/mol. The van der Waals surface area contributed by atoms with E-state index in [9.17, 15) is 0 Å². The van der Waals surface area contributed by atoms with Crippen LogP contribution in [0.1, 0.15) is 38.2 Å². The second-order valence-corrected chi connectivity index (χ2v) is 4.70. The van der Waals surface area contributed by atoms with Gasteiger partial charge in [-0.2, -0.15) is 0 Å². The summed E-state index contributed by atoms with van der Waals surface area (Å²) in [5.74, 6) is 0.790. The van der Waals surface area contributed by atoms with E-state index in [4.69, 9.17) is 0 Å². The van der Waals surface area contributed by atoms with E-state index in [0.29, 0.717) is 6.04 Å². The first kappa shape index (κ1) is 10.5. The molecule has 2 heteroatoms. The van der Waals surface area contributed by atoms with Gasteiger partial charge in [0.05, 0.1) is 11.9 Å². The number of nitrogens with zero attached hydrogens (tertiary/aromatic N) is 1. The lowest BCUT2D eigenvalue weighted by Gasteiger charge is -2.30. The lowest BCUT2D eigenvalue weighted by molar-refractivity contribution is 0.349. The Labute approximate surface area is 92.1 Å². The van der Waals surface area contributed by atoms with Crippen LogP contribution in [-0.2, 0) is 0 Å². The average molecular weight is 204 g/mol.